The van der Waals surface area contributed by atoms with Gasteiger partial charge in [0.25, 0.3) is 5.91 Å². The summed E-state index contributed by atoms with van der Waals surface area (Å²) in [5.74, 6) is -0.236. The highest BCUT2D eigenvalue weighted by molar-refractivity contribution is 7.14. The molecule has 1 aliphatic rings. The van der Waals surface area contributed by atoms with E-state index in [4.69, 9.17) is 9.84 Å². The van der Waals surface area contributed by atoms with E-state index < -0.39 is 12.6 Å². The normalized spacial score (nSPS) is 16.3. The topological polar surface area (TPSA) is 88.0 Å². The lowest BCUT2D eigenvalue weighted by Gasteiger charge is -2.16. The van der Waals surface area contributed by atoms with Gasteiger partial charge in [0.1, 0.15) is 5.75 Å². The molecular weight excluding hydrogens is 352 g/mol. The summed E-state index contributed by atoms with van der Waals surface area (Å²) < 4.78 is 5.20. The molecule has 136 valence electrons. The molecule has 1 aromatic carbocycles. The molecule has 1 amide bonds. The third kappa shape index (κ3) is 4.49. The Bertz CT molecular complexity index is 844. The molecular formula is C19H20N2O4S. The number of fused-ring (bicyclic) bond motifs is 1. The molecule has 0 aliphatic heterocycles. The highest BCUT2D eigenvalue weighted by atomic mass is 32.1. The largest absolute Gasteiger partial charge is 0.481 e. The van der Waals surface area contributed by atoms with Crippen LogP contribution in [0.25, 0.3) is 0 Å². The number of carbonyl (C=O) groups is 2. The first-order valence-corrected chi connectivity index (χ1v) is 9.23. The Balaban J connectivity index is 1.64. The zero-order valence-electron chi connectivity index (χ0n) is 14.4. The molecule has 0 spiro atoms. The van der Waals surface area contributed by atoms with Gasteiger partial charge in [-0.3, -0.25) is 4.79 Å². The van der Waals surface area contributed by atoms with Gasteiger partial charge >= 0.3 is 5.97 Å². The van der Waals surface area contributed by atoms with Crippen molar-refractivity contribution in [2.75, 3.05) is 6.61 Å². The SMILES string of the molecule is C[C@H]1CCc2sc(C(=O)N/N=C\c3ccccc3OCC(=O)O)cc2C1. The maximum Gasteiger partial charge on any atom is 0.341 e. The summed E-state index contributed by atoms with van der Waals surface area (Å²) in [6.07, 6.45) is 4.67. The standard InChI is InChI=1S/C19H20N2O4S/c1-12-6-7-16-14(8-12)9-17(26-16)19(24)21-20-10-13-4-2-3-5-15(13)25-11-18(22)23/h2-5,9-10,12H,6-8,11H2,1H3,(H,21,24)(H,22,23)/b20-10-/t12-/m0/s1. The fraction of sp³-hybridized carbons (Fsp3) is 0.316. The molecule has 6 nitrogen and oxygen atoms in total. The first-order valence-electron chi connectivity index (χ1n) is 8.41. The minimum Gasteiger partial charge on any atom is -0.481 e. The summed E-state index contributed by atoms with van der Waals surface area (Å²) in [6.45, 7) is 1.80. The fourth-order valence-electron chi connectivity index (χ4n) is 2.89. The number of carbonyl (C=O) groups excluding carboxylic acids is 1. The van der Waals surface area contributed by atoms with Gasteiger partial charge in [-0.1, -0.05) is 19.1 Å². The van der Waals surface area contributed by atoms with E-state index in [1.54, 1.807) is 24.3 Å². The number of hydrogen-bond donors (Lipinski definition) is 2. The van der Waals surface area contributed by atoms with Crippen molar-refractivity contribution in [3.8, 4) is 5.75 Å². The number of nitrogens with zero attached hydrogens (tertiary/aromatic N) is 1. The Morgan fingerprint density at radius 3 is 3.04 bits per heavy atom. The summed E-state index contributed by atoms with van der Waals surface area (Å²) in [5, 5.41) is 12.7. The molecule has 2 N–H and O–H groups in total. The number of benzene rings is 1. The van der Waals surface area contributed by atoms with Crippen LogP contribution in [0.3, 0.4) is 0 Å². The molecule has 0 unspecified atom stereocenters. The molecule has 0 fully saturated rings. The number of amides is 1. The van der Waals surface area contributed by atoms with Crippen molar-refractivity contribution in [2.24, 2.45) is 11.0 Å². The maximum atomic E-state index is 12.3. The number of thiophene rings is 1. The van der Waals surface area contributed by atoms with Gasteiger partial charge in [-0.2, -0.15) is 5.10 Å². The Labute approximate surface area is 155 Å². The number of para-hydroxylation sites is 1. The molecule has 0 bridgehead atoms. The number of hydrogen-bond acceptors (Lipinski definition) is 5. The van der Waals surface area contributed by atoms with Crippen molar-refractivity contribution in [3.05, 3.63) is 51.2 Å². The monoisotopic (exact) mass is 372 g/mol. The van der Waals surface area contributed by atoms with E-state index in [1.165, 1.54) is 34.4 Å². The summed E-state index contributed by atoms with van der Waals surface area (Å²) in [7, 11) is 0. The lowest BCUT2D eigenvalue weighted by atomic mass is 9.90. The molecule has 1 atom stereocenters. The van der Waals surface area contributed by atoms with Gasteiger partial charge in [-0.05, 0) is 48.9 Å². The van der Waals surface area contributed by atoms with Crippen LogP contribution in [0.1, 0.15) is 39.0 Å². The molecule has 2 aromatic rings. The Morgan fingerprint density at radius 1 is 1.42 bits per heavy atom. The first kappa shape index (κ1) is 18.1. The Hall–Kier alpha value is -2.67. The van der Waals surface area contributed by atoms with Gasteiger partial charge in [0.2, 0.25) is 0 Å². The summed E-state index contributed by atoms with van der Waals surface area (Å²) >= 11 is 1.53. The van der Waals surface area contributed by atoms with Crippen molar-refractivity contribution in [1.29, 1.82) is 0 Å². The number of rotatable bonds is 6. The highest BCUT2D eigenvalue weighted by Gasteiger charge is 2.20. The number of ether oxygens (including phenoxy) is 1. The fourth-order valence-corrected chi connectivity index (χ4v) is 3.99. The Morgan fingerprint density at radius 2 is 2.23 bits per heavy atom. The van der Waals surface area contributed by atoms with E-state index in [9.17, 15) is 9.59 Å². The molecule has 1 aliphatic carbocycles. The van der Waals surface area contributed by atoms with Crippen LogP contribution < -0.4 is 10.2 Å². The number of nitrogens with one attached hydrogen (secondary N) is 1. The van der Waals surface area contributed by atoms with Crippen LogP contribution in [-0.4, -0.2) is 29.8 Å². The zero-order valence-corrected chi connectivity index (χ0v) is 15.2. The predicted octanol–water partition coefficient (Wildman–Crippen LogP) is 3.10. The van der Waals surface area contributed by atoms with Crippen molar-refractivity contribution in [3.63, 3.8) is 0 Å². The first-order chi connectivity index (χ1) is 12.5. The minimum atomic E-state index is -1.05. The van der Waals surface area contributed by atoms with E-state index in [0.717, 1.165) is 12.8 Å². The number of aryl methyl sites for hydroxylation is 1. The highest BCUT2D eigenvalue weighted by Crippen LogP contribution is 2.32. The van der Waals surface area contributed by atoms with Crippen LogP contribution in [0.4, 0.5) is 0 Å². The third-order valence-electron chi connectivity index (χ3n) is 4.19. The smallest absolute Gasteiger partial charge is 0.341 e. The van der Waals surface area contributed by atoms with Crippen molar-refractivity contribution >= 4 is 29.4 Å². The average molecular weight is 372 g/mol. The second-order valence-electron chi connectivity index (χ2n) is 6.33. The second kappa shape index (κ2) is 8.14. The molecule has 1 heterocycles. The van der Waals surface area contributed by atoms with Gasteiger partial charge < -0.3 is 9.84 Å². The molecule has 3 rings (SSSR count). The van der Waals surface area contributed by atoms with Crippen molar-refractivity contribution in [1.82, 2.24) is 5.43 Å². The van der Waals surface area contributed by atoms with E-state index in [2.05, 4.69) is 17.5 Å². The van der Waals surface area contributed by atoms with Gasteiger partial charge in [-0.25, -0.2) is 10.2 Å². The molecule has 0 saturated heterocycles. The van der Waals surface area contributed by atoms with Gasteiger partial charge in [-0.15, -0.1) is 11.3 Å². The van der Waals surface area contributed by atoms with Gasteiger partial charge in [0.15, 0.2) is 6.61 Å². The van der Waals surface area contributed by atoms with Crippen LogP contribution in [0.15, 0.2) is 35.4 Å². The lowest BCUT2D eigenvalue weighted by molar-refractivity contribution is -0.139. The van der Waals surface area contributed by atoms with Crippen LogP contribution >= 0.6 is 11.3 Å². The van der Waals surface area contributed by atoms with Crippen LogP contribution in [0.5, 0.6) is 5.75 Å². The molecule has 26 heavy (non-hydrogen) atoms. The number of carboxylic acids is 1. The van der Waals surface area contributed by atoms with Crippen LogP contribution in [0.2, 0.25) is 0 Å². The molecule has 1 aromatic heterocycles. The van der Waals surface area contributed by atoms with E-state index in [1.807, 2.05) is 6.07 Å². The second-order valence-corrected chi connectivity index (χ2v) is 7.46. The number of hydrazone groups is 1. The summed E-state index contributed by atoms with van der Waals surface area (Å²) in [4.78, 5) is 24.9. The molecule has 7 heteroatoms. The van der Waals surface area contributed by atoms with Crippen LogP contribution in [0, 0.1) is 5.92 Å². The molecule has 0 radical (unpaired) electrons. The predicted molar refractivity (Wildman–Crippen MR) is 100 cm³/mol. The summed E-state index contributed by atoms with van der Waals surface area (Å²) in [5.41, 5.74) is 4.39. The van der Waals surface area contributed by atoms with Gasteiger partial charge in [0.05, 0.1) is 11.1 Å². The number of carboxylic acid groups (broad SMARTS) is 1. The van der Waals surface area contributed by atoms with E-state index >= 15 is 0 Å². The van der Waals surface area contributed by atoms with Gasteiger partial charge in [0, 0.05) is 10.4 Å². The van der Waals surface area contributed by atoms with Crippen molar-refractivity contribution in [2.45, 2.75) is 26.2 Å². The quantitative estimate of drug-likeness (QED) is 0.602. The minimum absolute atomic E-state index is 0.239. The average Bonchev–Trinajstić information content (AvgIpc) is 3.04. The summed E-state index contributed by atoms with van der Waals surface area (Å²) in [6, 6.07) is 8.87. The van der Waals surface area contributed by atoms with Crippen LogP contribution in [-0.2, 0) is 17.6 Å². The Kier molecular flexibility index (Phi) is 5.68. The third-order valence-corrected chi connectivity index (χ3v) is 5.43. The molecule has 0 saturated carbocycles. The van der Waals surface area contributed by atoms with E-state index in [0.29, 0.717) is 22.1 Å². The maximum absolute atomic E-state index is 12.3. The zero-order chi connectivity index (χ0) is 18.5. The number of aliphatic carboxylic acids is 1. The van der Waals surface area contributed by atoms with E-state index in [-0.39, 0.29) is 5.91 Å². The lowest BCUT2D eigenvalue weighted by Crippen LogP contribution is -2.16. The van der Waals surface area contributed by atoms with Crippen molar-refractivity contribution < 1.29 is 19.4 Å².